The van der Waals surface area contributed by atoms with Crippen LogP contribution in [0.4, 0.5) is 5.82 Å². The molecule has 2 heterocycles. The number of hydrogen-bond donors (Lipinski definition) is 2. The molecule has 0 saturated carbocycles. The standard InChI is InChI=1S/C16H20N4O4S/c1-11-8-13(19-24-11)18-14(21)9-20(2)15(22)4-3-6-17-16(23)12-5-7-25-10-12/h5,7-8,10H,3-4,6,9H2,1-2H3,(H,17,23)(H,18,19,21). The first kappa shape index (κ1) is 18.7. The van der Waals surface area contributed by atoms with Gasteiger partial charge in [-0.3, -0.25) is 14.4 Å². The molecule has 0 unspecified atom stereocenters. The molecule has 3 amide bonds. The van der Waals surface area contributed by atoms with E-state index < -0.39 is 0 Å². The van der Waals surface area contributed by atoms with Gasteiger partial charge in [-0.15, -0.1) is 0 Å². The molecule has 2 aromatic heterocycles. The first-order valence-corrected chi connectivity index (χ1v) is 8.67. The molecule has 2 N–H and O–H groups in total. The number of nitrogens with zero attached hydrogens (tertiary/aromatic N) is 2. The van der Waals surface area contributed by atoms with Gasteiger partial charge in [-0.2, -0.15) is 11.3 Å². The second-order valence-electron chi connectivity index (χ2n) is 5.49. The van der Waals surface area contributed by atoms with E-state index in [2.05, 4.69) is 15.8 Å². The fourth-order valence-corrected chi connectivity index (χ4v) is 2.68. The predicted octanol–water partition coefficient (Wildman–Crippen LogP) is 1.65. The number of aryl methyl sites for hydroxylation is 1. The maximum atomic E-state index is 12.0. The number of rotatable bonds is 8. The van der Waals surface area contributed by atoms with Gasteiger partial charge in [0, 0.05) is 37.0 Å². The summed E-state index contributed by atoms with van der Waals surface area (Å²) in [4.78, 5) is 36.9. The molecule has 2 aromatic rings. The van der Waals surface area contributed by atoms with Crippen LogP contribution in [0.1, 0.15) is 29.0 Å². The lowest BCUT2D eigenvalue weighted by Gasteiger charge is -2.16. The zero-order valence-corrected chi connectivity index (χ0v) is 14.9. The number of nitrogens with one attached hydrogen (secondary N) is 2. The average molecular weight is 364 g/mol. The Hall–Kier alpha value is -2.68. The fraction of sp³-hybridized carbons (Fsp3) is 0.375. The van der Waals surface area contributed by atoms with E-state index in [0.717, 1.165) is 0 Å². The molecule has 0 aliphatic carbocycles. The van der Waals surface area contributed by atoms with E-state index in [1.165, 1.54) is 16.2 Å². The van der Waals surface area contributed by atoms with Gasteiger partial charge in [0.2, 0.25) is 11.8 Å². The molecular weight excluding hydrogens is 344 g/mol. The number of hydrogen-bond acceptors (Lipinski definition) is 6. The van der Waals surface area contributed by atoms with Crippen molar-refractivity contribution in [2.24, 2.45) is 0 Å². The third-order valence-corrected chi connectivity index (χ3v) is 4.02. The summed E-state index contributed by atoms with van der Waals surface area (Å²) in [7, 11) is 1.56. The van der Waals surface area contributed by atoms with E-state index in [0.29, 0.717) is 30.1 Å². The van der Waals surface area contributed by atoms with E-state index in [4.69, 9.17) is 4.52 Å². The van der Waals surface area contributed by atoms with Crippen LogP contribution in [0.25, 0.3) is 0 Å². The van der Waals surface area contributed by atoms with Crippen molar-refractivity contribution in [3.8, 4) is 0 Å². The lowest BCUT2D eigenvalue weighted by atomic mass is 10.2. The highest BCUT2D eigenvalue weighted by Crippen LogP contribution is 2.07. The topological polar surface area (TPSA) is 105 Å². The maximum Gasteiger partial charge on any atom is 0.252 e. The van der Waals surface area contributed by atoms with Crippen LogP contribution in [0.2, 0.25) is 0 Å². The van der Waals surface area contributed by atoms with Crippen LogP contribution in [-0.2, 0) is 9.59 Å². The molecule has 0 spiro atoms. The monoisotopic (exact) mass is 364 g/mol. The molecule has 8 nitrogen and oxygen atoms in total. The molecule has 0 aliphatic rings. The van der Waals surface area contributed by atoms with Gasteiger partial charge in [0.1, 0.15) is 5.76 Å². The second-order valence-corrected chi connectivity index (χ2v) is 6.27. The van der Waals surface area contributed by atoms with E-state index in [-0.39, 0.29) is 30.7 Å². The summed E-state index contributed by atoms with van der Waals surface area (Å²) in [5.41, 5.74) is 0.619. The number of likely N-dealkylation sites (N-methyl/N-ethyl adjacent to an activating group) is 1. The van der Waals surface area contributed by atoms with Gasteiger partial charge >= 0.3 is 0 Å². The van der Waals surface area contributed by atoms with Crippen molar-refractivity contribution in [2.45, 2.75) is 19.8 Å². The minimum Gasteiger partial charge on any atom is -0.360 e. The lowest BCUT2D eigenvalue weighted by Crippen LogP contribution is -2.35. The molecule has 0 aromatic carbocycles. The van der Waals surface area contributed by atoms with Gasteiger partial charge < -0.3 is 20.1 Å². The molecular formula is C16H20N4O4S. The van der Waals surface area contributed by atoms with Gasteiger partial charge in [0.15, 0.2) is 5.82 Å². The van der Waals surface area contributed by atoms with Crippen molar-refractivity contribution in [3.63, 3.8) is 0 Å². The molecule has 0 fully saturated rings. The lowest BCUT2D eigenvalue weighted by molar-refractivity contribution is -0.133. The number of carbonyl (C=O) groups is 3. The SMILES string of the molecule is Cc1cc(NC(=O)CN(C)C(=O)CCCNC(=O)c2ccsc2)no1. The molecule has 25 heavy (non-hydrogen) atoms. The summed E-state index contributed by atoms with van der Waals surface area (Å²) in [5, 5.41) is 12.6. The van der Waals surface area contributed by atoms with Crippen molar-refractivity contribution < 1.29 is 18.9 Å². The molecule has 0 atom stereocenters. The first-order chi connectivity index (χ1) is 12.0. The second kappa shape index (κ2) is 8.97. The van der Waals surface area contributed by atoms with Gasteiger partial charge in [-0.25, -0.2) is 0 Å². The zero-order valence-electron chi connectivity index (χ0n) is 14.1. The molecule has 2 rings (SSSR count). The number of amides is 3. The summed E-state index contributed by atoms with van der Waals surface area (Å²) in [5.74, 6) is 0.235. The molecule has 0 aliphatic heterocycles. The van der Waals surface area contributed by atoms with E-state index in [1.807, 2.05) is 5.38 Å². The molecule has 134 valence electrons. The first-order valence-electron chi connectivity index (χ1n) is 7.73. The number of anilines is 1. The smallest absolute Gasteiger partial charge is 0.252 e. The minimum absolute atomic E-state index is 0.0774. The van der Waals surface area contributed by atoms with Crippen molar-refractivity contribution in [3.05, 3.63) is 34.2 Å². The highest BCUT2D eigenvalue weighted by molar-refractivity contribution is 7.08. The van der Waals surface area contributed by atoms with Crippen LogP contribution < -0.4 is 10.6 Å². The molecule has 0 bridgehead atoms. The van der Waals surface area contributed by atoms with E-state index in [9.17, 15) is 14.4 Å². The molecule has 9 heteroatoms. The Bertz CT molecular complexity index is 726. The third kappa shape index (κ3) is 6.03. The van der Waals surface area contributed by atoms with Gasteiger partial charge in [0.05, 0.1) is 6.54 Å². The fourth-order valence-electron chi connectivity index (χ4n) is 2.04. The van der Waals surface area contributed by atoms with Crippen molar-refractivity contribution >= 4 is 34.9 Å². The summed E-state index contributed by atoms with van der Waals surface area (Å²) < 4.78 is 4.85. The number of aromatic nitrogens is 1. The Balaban J connectivity index is 1.64. The van der Waals surface area contributed by atoms with Crippen molar-refractivity contribution in [2.75, 3.05) is 25.5 Å². The molecule has 0 radical (unpaired) electrons. The minimum atomic E-state index is -0.352. The summed E-state index contributed by atoms with van der Waals surface area (Å²) in [6.07, 6.45) is 0.750. The summed E-state index contributed by atoms with van der Waals surface area (Å²) in [6, 6.07) is 3.34. The quantitative estimate of drug-likeness (QED) is 0.693. The van der Waals surface area contributed by atoms with Gasteiger partial charge in [0.25, 0.3) is 5.91 Å². The van der Waals surface area contributed by atoms with Gasteiger partial charge in [-0.1, -0.05) is 5.16 Å². The third-order valence-electron chi connectivity index (χ3n) is 3.34. The molecule has 0 saturated heterocycles. The zero-order chi connectivity index (χ0) is 18.2. The Labute approximate surface area is 149 Å². The van der Waals surface area contributed by atoms with Crippen molar-refractivity contribution in [1.29, 1.82) is 0 Å². The Kier molecular flexibility index (Phi) is 6.70. The van der Waals surface area contributed by atoms with E-state index >= 15 is 0 Å². The predicted molar refractivity (Wildman–Crippen MR) is 93.4 cm³/mol. The van der Waals surface area contributed by atoms with Crippen LogP contribution in [0.3, 0.4) is 0 Å². The highest BCUT2D eigenvalue weighted by Gasteiger charge is 2.14. The van der Waals surface area contributed by atoms with Crippen LogP contribution in [0.5, 0.6) is 0 Å². The Morgan fingerprint density at radius 2 is 2.16 bits per heavy atom. The highest BCUT2D eigenvalue weighted by atomic mass is 32.1. The Morgan fingerprint density at radius 3 is 2.80 bits per heavy atom. The summed E-state index contributed by atoms with van der Waals surface area (Å²) in [6.45, 7) is 2.04. The maximum absolute atomic E-state index is 12.0. The largest absolute Gasteiger partial charge is 0.360 e. The van der Waals surface area contributed by atoms with Crippen LogP contribution >= 0.6 is 11.3 Å². The van der Waals surface area contributed by atoms with Crippen LogP contribution in [0, 0.1) is 6.92 Å². The Morgan fingerprint density at radius 1 is 1.36 bits per heavy atom. The normalized spacial score (nSPS) is 10.3. The van der Waals surface area contributed by atoms with Crippen molar-refractivity contribution in [1.82, 2.24) is 15.4 Å². The van der Waals surface area contributed by atoms with Crippen LogP contribution in [-0.4, -0.2) is 47.9 Å². The average Bonchev–Trinajstić information content (AvgIpc) is 3.22. The number of carbonyl (C=O) groups excluding carboxylic acids is 3. The van der Waals surface area contributed by atoms with E-state index in [1.54, 1.807) is 31.5 Å². The van der Waals surface area contributed by atoms with Gasteiger partial charge in [-0.05, 0) is 24.8 Å². The van der Waals surface area contributed by atoms with Crippen LogP contribution in [0.15, 0.2) is 27.4 Å². The number of thiophene rings is 1. The summed E-state index contributed by atoms with van der Waals surface area (Å²) >= 11 is 1.45.